The maximum absolute atomic E-state index is 13.4. The molecule has 0 aromatic heterocycles. The minimum atomic E-state index is -0.672. The molecule has 2 rings (SSSR count). The summed E-state index contributed by atoms with van der Waals surface area (Å²) in [6, 6.07) is 9.08. The normalized spacial score (nSPS) is 10.4. The molecule has 2 aromatic carbocycles. The molecule has 0 fully saturated rings. The van der Waals surface area contributed by atoms with E-state index in [1.807, 2.05) is 32.0 Å². The fourth-order valence-electron chi connectivity index (χ4n) is 2.21. The highest BCUT2D eigenvalue weighted by atomic mass is 19.1. The molecule has 0 saturated carbocycles. The van der Waals surface area contributed by atoms with Gasteiger partial charge in [-0.3, -0.25) is 4.79 Å². The Morgan fingerprint density at radius 3 is 2.36 bits per heavy atom. The van der Waals surface area contributed by atoms with E-state index in [9.17, 15) is 13.6 Å². The van der Waals surface area contributed by atoms with Gasteiger partial charge in [-0.25, -0.2) is 8.78 Å². The zero-order chi connectivity index (χ0) is 16.1. The number of carbonyl (C=O) groups excluding carboxylic acids is 1. The van der Waals surface area contributed by atoms with Crippen molar-refractivity contribution in [2.75, 3.05) is 17.2 Å². The van der Waals surface area contributed by atoms with E-state index >= 15 is 0 Å². The maximum Gasteiger partial charge on any atom is 0.226 e. The Labute approximate surface area is 128 Å². The molecule has 2 aromatic rings. The van der Waals surface area contributed by atoms with Gasteiger partial charge in [-0.05, 0) is 49.2 Å². The lowest BCUT2D eigenvalue weighted by atomic mass is 10.1. The third kappa shape index (κ3) is 4.55. The van der Waals surface area contributed by atoms with E-state index < -0.39 is 11.6 Å². The number of nitrogens with one attached hydrogen (secondary N) is 2. The number of rotatable bonds is 5. The van der Waals surface area contributed by atoms with Crippen LogP contribution in [0.1, 0.15) is 17.5 Å². The van der Waals surface area contributed by atoms with Gasteiger partial charge in [0.15, 0.2) is 0 Å². The third-order valence-electron chi connectivity index (χ3n) is 3.10. The maximum atomic E-state index is 13.4. The van der Waals surface area contributed by atoms with Crippen LogP contribution in [0.25, 0.3) is 0 Å². The second-order valence-electron chi connectivity index (χ2n) is 5.23. The fourth-order valence-corrected chi connectivity index (χ4v) is 2.21. The molecule has 0 saturated heterocycles. The van der Waals surface area contributed by atoms with Crippen molar-refractivity contribution in [3.8, 4) is 0 Å². The quantitative estimate of drug-likeness (QED) is 0.876. The van der Waals surface area contributed by atoms with Crippen molar-refractivity contribution in [2.24, 2.45) is 0 Å². The Morgan fingerprint density at radius 2 is 1.73 bits per heavy atom. The van der Waals surface area contributed by atoms with E-state index in [1.54, 1.807) is 0 Å². The summed E-state index contributed by atoms with van der Waals surface area (Å²) in [5, 5.41) is 5.58. The highest BCUT2D eigenvalue weighted by Gasteiger charge is 2.06. The first kappa shape index (κ1) is 15.9. The summed E-state index contributed by atoms with van der Waals surface area (Å²) in [7, 11) is 0. The number of anilines is 2. The first-order chi connectivity index (χ1) is 10.4. The van der Waals surface area contributed by atoms with Crippen LogP contribution in [0.4, 0.5) is 20.2 Å². The molecule has 0 aliphatic heterocycles. The van der Waals surface area contributed by atoms with E-state index in [0.717, 1.165) is 22.9 Å². The Bertz CT molecular complexity index is 666. The number of benzene rings is 2. The van der Waals surface area contributed by atoms with Gasteiger partial charge in [-0.15, -0.1) is 0 Å². The van der Waals surface area contributed by atoms with Crippen LogP contribution in [0.3, 0.4) is 0 Å². The molecule has 0 heterocycles. The molecule has 116 valence electrons. The van der Waals surface area contributed by atoms with Crippen molar-refractivity contribution in [1.82, 2.24) is 0 Å². The fraction of sp³-hybridized carbons (Fsp3) is 0.235. The number of aryl methyl sites for hydroxylation is 2. The molecular formula is C17H18F2N2O. The topological polar surface area (TPSA) is 41.1 Å². The molecule has 22 heavy (non-hydrogen) atoms. The molecule has 0 spiro atoms. The molecule has 1 amide bonds. The molecule has 5 heteroatoms. The van der Waals surface area contributed by atoms with Crippen molar-refractivity contribution >= 4 is 17.3 Å². The van der Waals surface area contributed by atoms with Gasteiger partial charge < -0.3 is 10.6 Å². The molecule has 2 N–H and O–H groups in total. The van der Waals surface area contributed by atoms with Crippen LogP contribution in [0, 0.1) is 25.5 Å². The van der Waals surface area contributed by atoms with E-state index in [2.05, 4.69) is 10.6 Å². The van der Waals surface area contributed by atoms with Crippen molar-refractivity contribution in [1.29, 1.82) is 0 Å². The van der Waals surface area contributed by atoms with Gasteiger partial charge in [-0.2, -0.15) is 0 Å². The highest BCUT2D eigenvalue weighted by molar-refractivity contribution is 5.91. The second-order valence-corrected chi connectivity index (χ2v) is 5.23. The standard InChI is InChI=1S/C17H18F2N2O/c1-11-7-12(2)9-14(8-11)21-17(22)5-6-20-16-4-3-13(18)10-15(16)19/h3-4,7-10,20H,5-6H2,1-2H3,(H,21,22). The largest absolute Gasteiger partial charge is 0.382 e. The number of hydrogen-bond donors (Lipinski definition) is 2. The Balaban J connectivity index is 1.85. The van der Waals surface area contributed by atoms with Gasteiger partial charge >= 0.3 is 0 Å². The van der Waals surface area contributed by atoms with Gasteiger partial charge in [0.2, 0.25) is 5.91 Å². The summed E-state index contributed by atoms with van der Waals surface area (Å²) in [6.45, 7) is 4.18. The van der Waals surface area contributed by atoms with Gasteiger partial charge in [0.05, 0.1) is 5.69 Å². The van der Waals surface area contributed by atoms with E-state index in [0.29, 0.717) is 0 Å². The Morgan fingerprint density at radius 1 is 1.05 bits per heavy atom. The Kier molecular flexibility index (Phi) is 5.09. The van der Waals surface area contributed by atoms with E-state index in [-0.39, 0.29) is 24.6 Å². The first-order valence-corrected chi connectivity index (χ1v) is 7.01. The number of carbonyl (C=O) groups is 1. The van der Waals surface area contributed by atoms with Crippen LogP contribution < -0.4 is 10.6 Å². The summed E-state index contributed by atoms with van der Waals surface area (Å²) in [5.41, 5.74) is 3.07. The number of halogens is 2. The molecular weight excluding hydrogens is 286 g/mol. The summed E-state index contributed by atoms with van der Waals surface area (Å²) >= 11 is 0. The van der Waals surface area contributed by atoms with Crippen molar-refractivity contribution < 1.29 is 13.6 Å². The minimum Gasteiger partial charge on any atom is -0.382 e. The third-order valence-corrected chi connectivity index (χ3v) is 3.10. The van der Waals surface area contributed by atoms with Gasteiger partial charge in [0.25, 0.3) is 0 Å². The second kappa shape index (κ2) is 7.02. The smallest absolute Gasteiger partial charge is 0.226 e. The Hall–Kier alpha value is -2.43. The average Bonchev–Trinajstić information content (AvgIpc) is 2.40. The lowest BCUT2D eigenvalue weighted by Crippen LogP contribution is -2.16. The van der Waals surface area contributed by atoms with Crippen molar-refractivity contribution in [3.05, 3.63) is 59.2 Å². The van der Waals surface area contributed by atoms with Crippen molar-refractivity contribution in [2.45, 2.75) is 20.3 Å². The molecule has 3 nitrogen and oxygen atoms in total. The summed E-state index contributed by atoms with van der Waals surface area (Å²) < 4.78 is 26.2. The van der Waals surface area contributed by atoms with Gasteiger partial charge in [0, 0.05) is 24.7 Å². The predicted octanol–water partition coefficient (Wildman–Crippen LogP) is 4.02. The zero-order valence-corrected chi connectivity index (χ0v) is 12.5. The van der Waals surface area contributed by atoms with Crippen molar-refractivity contribution in [3.63, 3.8) is 0 Å². The first-order valence-electron chi connectivity index (χ1n) is 7.01. The van der Waals surface area contributed by atoms with Gasteiger partial charge in [-0.1, -0.05) is 6.07 Å². The van der Waals surface area contributed by atoms with E-state index in [1.165, 1.54) is 12.1 Å². The summed E-state index contributed by atoms with van der Waals surface area (Å²) in [6.07, 6.45) is 0.184. The summed E-state index contributed by atoms with van der Waals surface area (Å²) in [4.78, 5) is 11.9. The molecule has 0 radical (unpaired) electrons. The monoisotopic (exact) mass is 304 g/mol. The van der Waals surface area contributed by atoms with Crippen LogP contribution in [0.15, 0.2) is 36.4 Å². The predicted molar refractivity (Wildman–Crippen MR) is 84.0 cm³/mol. The van der Waals surface area contributed by atoms with E-state index in [4.69, 9.17) is 0 Å². The van der Waals surface area contributed by atoms with Crippen LogP contribution in [0.2, 0.25) is 0 Å². The molecule has 0 bridgehead atoms. The lowest BCUT2D eigenvalue weighted by Gasteiger charge is -2.09. The molecule has 0 aliphatic carbocycles. The average molecular weight is 304 g/mol. The van der Waals surface area contributed by atoms with Crippen LogP contribution in [-0.2, 0) is 4.79 Å². The van der Waals surface area contributed by atoms with Crippen LogP contribution in [-0.4, -0.2) is 12.5 Å². The number of amides is 1. The molecule has 0 aliphatic rings. The summed E-state index contributed by atoms with van der Waals surface area (Å²) in [5.74, 6) is -1.47. The molecule has 0 unspecified atom stereocenters. The minimum absolute atomic E-state index is 0.167. The zero-order valence-electron chi connectivity index (χ0n) is 12.5. The van der Waals surface area contributed by atoms with Crippen LogP contribution >= 0.6 is 0 Å². The lowest BCUT2D eigenvalue weighted by molar-refractivity contribution is -0.115. The SMILES string of the molecule is Cc1cc(C)cc(NC(=O)CCNc2ccc(F)cc2F)c1. The molecule has 0 atom stereocenters. The highest BCUT2D eigenvalue weighted by Crippen LogP contribution is 2.16. The number of hydrogen-bond acceptors (Lipinski definition) is 2. The van der Waals surface area contributed by atoms with Crippen LogP contribution in [0.5, 0.6) is 0 Å². The van der Waals surface area contributed by atoms with Gasteiger partial charge in [0.1, 0.15) is 11.6 Å².